The second-order valence-corrected chi connectivity index (χ2v) is 6.31. The first kappa shape index (κ1) is 15.3. The van der Waals surface area contributed by atoms with E-state index in [1.807, 2.05) is 24.3 Å². The van der Waals surface area contributed by atoms with Crippen molar-refractivity contribution in [2.24, 2.45) is 17.8 Å². The first-order valence-electron chi connectivity index (χ1n) is 6.86. The molecule has 0 bridgehead atoms. The molecule has 1 aliphatic heterocycles. The maximum atomic E-state index is 13.0. The number of hydrogen-bond donors (Lipinski definition) is 1. The molecule has 7 heteroatoms. The van der Waals surface area contributed by atoms with Crippen molar-refractivity contribution >= 4 is 27.8 Å². The fourth-order valence-corrected chi connectivity index (χ4v) is 3.17. The van der Waals surface area contributed by atoms with E-state index in [2.05, 4.69) is 27.0 Å². The van der Waals surface area contributed by atoms with E-state index in [1.165, 1.54) is 4.90 Å². The van der Waals surface area contributed by atoms with Gasteiger partial charge < -0.3 is 10.3 Å². The average Bonchev–Trinajstić information content (AvgIpc) is 3.01. The number of nitrogens with two attached hydrogens (primary N) is 1. The number of rotatable bonds is 2. The Bertz CT molecular complexity index is 879. The van der Waals surface area contributed by atoms with Gasteiger partial charge in [-0.25, -0.2) is 4.99 Å². The molecule has 1 amide bonds. The molecule has 1 aliphatic rings. The summed E-state index contributed by atoms with van der Waals surface area (Å²) in [5, 5.41) is 9.21. The van der Waals surface area contributed by atoms with Gasteiger partial charge in [0.25, 0.3) is 5.91 Å². The van der Waals surface area contributed by atoms with Gasteiger partial charge in [0.2, 0.25) is 0 Å². The highest BCUT2D eigenvalue weighted by atomic mass is 79.9. The molecule has 1 atom stereocenters. The highest BCUT2D eigenvalue weighted by Gasteiger charge is 2.50. The molecule has 0 fully saturated rings. The zero-order chi connectivity index (χ0) is 16.8. The number of hydrogen-bond acceptors (Lipinski definition) is 4. The summed E-state index contributed by atoms with van der Waals surface area (Å²) in [4.78, 5) is 18.8. The molecule has 0 saturated carbocycles. The van der Waals surface area contributed by atoms with E-state index in [-0.39, 0.29) is 11.9 Å². The summed E-state index contributed by atoms with van der Waals surface area (Å²) in [5.41, 5.74) is 6.40. The van der Waals surface area contributed by atoms with Crippen LogP contribution in [-0.2, 0) is 17.4 Å². The summed E-state index contributed by atoms with van der Waals surface area (Å²) in [7, 11) is 3.35. The molecule has 6 nitrogen and oxygen atoms in total. The van der Waals surface area contributed by atoms with Gasteiger partial charge >= 0.3 is 0 Å². The van der Waals surface area contributed by atoms with Crippen LogP contribution >= 0.6 is 15.9 Å². The predicted molar refractivity (Wildman–Crippen MR) is 89.4 cm³/mol. The Kier molecular flexibility index (Phi) is 3.49. The first-order chi connectivity index (χ1) is 10.9. The van der Waals surface area contributed by atoms with Crippen LogP contribution in [0.15, 0.2) is 46.0 Å². The normalized spacial score (nSPS) is 20.5. The predicted octanol–water partition coefficient (Wildman–Crippen LogP) is 1.69. The number of nitriles is 1. The maximum Gasteiger partial charge on any atom is 0.266 e. The number of benzene rings is 1. The summed E-state index contributed by atoms with van der Waals surface area (Å²) in [6.45, 7) is 0. The van der Waals surface area contributed by atoms with Crippen molar-refractivity contribution in [1.29, 1.82) is 5.26 Å². The smallest absolute Gasteiger partial charge is 0.266 e. The van der Waals surface area contributed by atoms with Gasteiger partial charge in [0.15, 0.2) is 11.5 Å². The largest absolute Gasteiger partial charge is 0.369 e. The summed E-state index contributed by atoms with van der Waals surface area (Å²) in [6, 6.07) is 11.2. The van der Waals surface area contributed by atoms with E-state index in [9.17, 15) is 10.1 Å². The van der Waals surface area contributed by atoms with Gasteiger partial charge in [-0.1, -0.05) is 28.1 Å². The summed E-state index contributed by atoms with van der Waals surface area (Å²) < 4.78 is 2.51. The number of nitrogens with zero attached hydrogens (tertiary/aromatic N) is 4. The van der Waals surface area contributed by atoms with Crippen LogP contribution in [0.1, 0.15) is 16.8 Å². The SMILES string of the molecule is CN1C(=O)C(c2cccc(Br)c2)(c2cc(C#N)n(C)c2)N=C1N. The van der Waals surface area contributed by atoms with Crippen molar-refractivity contribution in [2.45, 2.75) is 5.54 Å². The molecule has 2 aromatic rings. The van der Waals surface area contributed by atoms with Crippen LogP contribution in [-0.4, -0.2) is 28.4 Å². The van der Waals surface area contributed by atoms with Crippen molar-refractivity contribution in [2.75, 3.05) is 7.05 Å². The minimum atomic E-state index is -1.27. The lowest BCUT2D eigenvalue weighted by molar-refractivity contribution is -0.129. The Hall–Kier alpha value is -2.59. The zero-order valence-corrected chi connectivity index (χ0v) is 14.2. The number of aliphatic imine (C=N–C) groups is 1. The van der Waals surface area contributed by atoms with Gasteiger partial charge in [0, 0.05) is 30.3 Å². The lowest BCUT2D eigenvalue weighted by Crippen LogP contribution is -2.41. The summed E-state index contributed by atoms with van der Waals surface area (Å²) >= 11 is 3.43. The van der Waals surface area contributed by atoms with Crippen LogP contribution in [0.4, 0.5) is 0 Å². The molecule has 0 spiro atoms. The van der Waals surface area contributed by atoms with Gasteiger partial charge in [-0.3, -0.25) is 9.69 Å². The number of amides is 1. The average molecular weight is 372 g/mol. The minimum Gasteiger partial charge on any atom is -0.369 e. The third-order valence-electron chi connectivity index (χ3n) is 4.02. The van der Waals surface area contributed by atoms with Crippen LogP contribution in [0, 0.1) is 11.3 Å². The monoisotopic (exact) mass is 371 g/mol. The molecule has 23 heavy (non-hydrogen) atoms. The topological polar surface area (TPSA) is 87.4 Å². The molecule has 2 N–H and O–H groups in total. The molecule has 1 aromatic heterocycles. The molecular weight excluding hydrogens is 358 g/mol. The maximum absolute atomic E-state index is 13.0. The van der Waals surface area contributed by atoms with Crippen molar-refractivity contribution in [3.8, 4) is 6.07 Å². The Morgan fingerprint density at radius 2 is 2.04 bits per heavy atom. The Morgan fingerprint density at radius 1 is 1.30 bits per heavy atom. The van der Waals surface area contributed by atoms with E-state index in [1.54, 1.807) is 30.9 Å². The van der Waals surface area contributed by atoms with E-state index in [0.717, 1.165) is 4.47 Å². The van der Waals surface area contributed by atoms with Crippen molar-refractivity contribution < 1.29 is 4.79 Å². The third kappa shape index (κ3) is 2.14. The molecule has 0 aliphatic carbocycles. The first-order valence-corrected chi connectivity index (χ1v) is 7.66. The Balaban J connectivity index is 2.32. The van der Waals surface area contributed by atoms with Crippen LogP contribution in [0.2, 0.25) is 0 Å². The second kappa shape index (κ2) is 5.25. The Morgan fingerprint density at radius 3 is 2.57 bits per heavy atom. The fourth-order valence-electron chi connectivity index (χ4n) is 2.77. The Labute approximate surface area is 142 Å². The van der Waals surface area contributed by atoms with Gasteiger partial charge in [0.05, 0.1) is 0 Å². The van der Waals surface area contributed by atoms with Crippen molar-refractivity contribution in [3.05, 3.63) is 57.8 Å². The second-order valence-electron chi connectivity index (χ2n) is 5.39. The number of carbonyl (C=O) groups excluding carboxylic acids is 1. The zero-order valence-electron chi connectivity index (χ0n) is 12.6. The lowest BCUT2D eigenvalue weighted by atomic mass is 9.84. The van der Waals surface area contributed by atoms with E-state index < -0.39 is 5.54 Å². The van der Waals surface area contributed by atoms with Crippen molar-refractivity contribution in [1.82, 2.24) is 9.47 Å². The third-order valence-corrected chi connectivity index (χ3v) is 4.51. The number of halogens is 1. The van der Waals surface area contributed by atoms with Gasteiger partial charge in [-0.05, 0) is 23.8 Å². The van der Waals surface area contributed by atoms with Crippen molar-refractivity contribution in [3.63, 3.8) is 0 Å². The summed E-state index contributed by atoms with van der Waals surface area (Å²) in [6.07, 6.45) is 1.74. The number of aromatic nitrogens is 1. The molecule has 2 heterocycles. The lowest BCUT2D eigenvalue weighted by Gasteiger charge is -2.24. The highest BCUT2D eigenvalue weighted by Crippen LogP contribution is 2.40. The molecular formula is C16H14BrN5O. The molecule has 3 rings (SSSR count). The van der Waals surface area contributed by atoms with E-state index in [4.69, 9.17) is 5.73 Å². The van der Waals surface area contributed by atoms with Crippen LogP contribution in [0.5, 0.6) is 0 Å². The minimum absolute atomic E-state index is 0.150. The van der Waals surface area contributed by atoms with E-state index in [0.29, 0.717) is 16.8 Å². The van der Waals surface area contributed by atoms with E-state index >= 15 is 0 Å². The molecule has 1 aromatic carbocycles. The van der Waals surface area contributed by atoms with Gasteiger partial charge in [0.1, 0.15) is 11.8 Å². The number of aryl methyl sites for hydroxylation is 1. The van der Waals surface area contributed by atoms with Gasteiger partial charge in [-0.2, -0.15) is 5.26 Å². The summed E-state index contributed by atoms with van der Waals surface area (Å²) in [5.74, 6) is -0.0967. The van der Waals surface area contributed by atoms with Crippen LogP contribution in [0.3, 0.4) is 0 Å². The molecule has 0 saturated heterocycles. The molecule has 0 radical (unpaired) electrons. The molecule has 116 valence electrons. The fraction of sp³-hybridized carbons (Fsp3) is 0.188. The number of guanidine groups is 1. The highest BCUT2D eigenvalue weighted by molar-refractivity contribution is 9.10. The quantitative estimate of drug-likeness (QED) is 0.870. The number of likely N-dealkylation sites (N-methyl/N-ethyl adjacent to an activating group) is 1. The van der Waals surface area contributed by atoms with Gasteiger partial charge in [-0.15, -0.1) is 0 Å². The van der Waals surface area contributed by atoms with Crippen LogP contribution < -0.4 is 5.73 Å². The standard InChI is InChI=1S/C16H14BrN5O/c1-21-9-11(7-13(21)8-18)16(10-4-3-5-12(17)6-10)14(23)22(2)15(19)20-16/h3-7,9H,1-2H3,(H2,19,20). The molecule has 1 unspecified atom stereocenters. The van der Waals surface area contributed by atoms with Crippen LogP contribution in [0.25, 0.3) is 0 Å². The number of carbonyl (C=O) groups is 1.